The topological polar surface area (TPSA) is 218 Å². The van der Waals surface area contributed by atoms with Gasteiger partial charge in [-0.3, -0.25) is 14.5 Å². The normalized spacial score (nSPS) is 19.1. The lowest BCUT2D eigenvalue weighted by molar-refractivity contribution is -0.688. The van der Waals surface area contributed by atoms with Crippen LogP contribution in [-0.2, 0) is 25.8 Å². The first-order valence-electron chi connectivity index (χ1n) is 11.1. The lowest BCUT2D eigenvalue weighted by atomic mass is 10.0. The molecule has 3 aromatic heterocycles. The molecule has 3 aromatic rings. The number of nitrogens with one attached hydrogen (secondary N) is 2. The highest BCUT2D eigenvalue weighted by Gasteiger charge is 2.55. The summed E-state index contributed by atoms with van der Waals surface area (Å²) in [6, 6.07) is 2.60. The lowest BCUT2D eigenvalue weighted by Crippen LogP contribution is -2.71. The van der Waals surface area contributed by atoms with Gasteiger partial charge in [0.1, 0.15) is 23.7 Å². The molecule has 2 aliphatic heterocycles. The molecule has 18 heteroatoms. The van der Waals surface area contributed by atoms with Crippen molar-refractivity contribution < 1.29 is 28.9 Å². The maximum Gasteiger partial charge on any atom is 0.352 e. The zero-order valence-corrected chi connectivity index (χ0v) is 21.3. The largest absolute Gasteiger partial charge is 0.477 e. The standard InChI is InChI=1S/C20H19N11O5S2/c1-2-36-26-11(15-23-20(21)38-27-15)16(32)22-12-17(33)31-13(19(34)35)10(8-37-18(12)31)7-30-5-3-4-9(6-30)14-24-28-29-25-14/h3-6,12,18H,2,7-8H2,1H3,(H4-,21,22,23,24,25,27,28,29,32,34,35)/p+1/t12?,18-/m1/s1. The Balaban J connectivity index is 1.35. The molecule has 1 unspecified atom stereocenters. The van der Waals surface area contributed by atoms with Gasteiger partial charge >= 0.3 is 5.97 Å². The minimum Gasteiger partial charge on any atom is -0.477 e. The molecular weight excluding hydrogens is 538 g/mol. The Morgan fingerprint density at radius 3 is 2.97 bits per heavy atom. The molecule has 1 fully saturated rings. The smallest absolute Gasteiger partial charge is 0.352 e. The van der Waals surface area contributed by atoms with Crippen molar-refractivity contribution in [2.24, 2.45) is 5.16 Å². The summed E-state index contributed by atoms with van der Waals surface area (Å²) in [5, 5.41) is 29.7. The molecule has 5 N–H and O–H groups in total. The molecule has 0 saturated carbocycles. The summed E-state index contributed by atoms with van der Waals surface area (Å²) < 4.78 is 5.76. The van der Waals surface area contributed by atoms with Gasteiger partial charge in [0, 0.05) is 28.9 Å². The Morgan fingerprint density at radius 2 is 2.29 bits per heavy atom. The number of β-lactam (4-membered cyclic amide) rings is 1. The number of carbonyl (C=O) groups excluding carboxylic acids is 2. The predicted octanol–water partition coefficient (Wildman–Crippen LogP) is -1.23. The van der Waals surface area contributed by atoms with Crippen LogP contribution in [0.15, 0.2) is 41.0 Å². The number of carbonyl (C=O) groups is 3. The van der Waals surface area contributed by atoms with E-state index in [-0.39, 0.29) is 35.5 Å². The highest BCUT2D eigenvalue weighted by atomic mass is 32.2. The number of rotatable bonds is 9. The zero-order chi connectivity index (χ0) is 26.8. The van der Waals surface area contributed by atoms with E-state index in [1.54, 1.807) is 36.0 Å². The van der Waals surface area contributed by atoms with Gasteiger partial charge < -0.3 is 21.0 Å². The molecule has 196 valence electrons. The molecule has 2 atom stereocenters. The van der Waals surface area contributed by atoms with E-state index in [9.17, 15) is 19.5 Å². The molecule has 0 spiro atoms. The summed E-state index contributed by atoms with van der Waals surface area (Å²) >= 11 is 2.22. The fourth-order valence-electron chi connectivity index (χ4n) is 3.92. The maximum atomic E-state index is 13.1. The third-order valence-electron chi connectivity index (χ3n) is 5.53. The number of nitrogens with two attached hydrogens (primary N) is 1. The molecule has 1 saturated heterocycles. The van der Waals surface area contributed by atoms with Crippen LogP contribution < -0.4 is 15.6 Å². The second kappa shape index (κ2) is 10.5. The Kier molecular flexibility index (Phi) is 6.97. The summed E-state index contributed by atoms with van der Waals surface area (Å²) in [4.78, 5) is 48.4. The van der Waals surface area contributed by atoms with Crippen molar-refractivity contribution in [2.45, 2.75) is 24.9 Å². The summed E-state index contributed by atoms with van der Waals surface area (Å²) in [5.41, 5.74) is 6.49. The number of nitrogens with zero attached hydrogens (tertiary/aromatic N) is 8. The summed E-state index contributed by atoms with van der Waals surface area (Å²) in [6.45, 7) is 2.09. The van der Waals surface area contributed by atoms with Crippen LogP contribution in [0.25, 0.3) is 11.4 Å². The van der Waals surface area contributed by atoms with Crippen molar-refractivity contribution in [3.8, 4) is 11.4 Å². The first-order chi connectivity index (χ1) is 18.4. The Labute approximate surface area is 222 Å². The fourth-order valence-corrected chi connectivity index (χ4v) is 5.69. The second-order valence-electron chi connectivity index (χ2n) is 7.93. The number of thioether (sulfide) groups is 1. The Morgan fingerprint density at radius 1 is 1.45 bits per heavy atom. The van der Waals surface area contributed by atoms with Crippen LogP contribution in [0.5, 0.6) is 0 Å². The predicted molar refractivity (Wildman–Crippen MR) is 132 cm³/mol. The zero-order valence-electron chi connectivity index (χ0n) is 19.6. The third kappa shape index (κ3) is 4.77. The number of oxime groups is 1. The molecule has 38 heavy (non-hydrogen) atoms. The number of tetrazole rings is 1. The van der Waals surface area contributed by atoms with Crippen LogP contribution in [0.1, 0.15) is 12.7 Å². The van der Waals surface area contributed by atoms with Crippen molar-refractivity contribution >= 4 is 51.9 Å². The van der Waals surface area contributed by atoms with Crippen LogP contribution in [-0.4, -0.2) is 87.3 Å². The van der Waals surface area contributed by atoms with Gasteiger partial charge in [0.25, 0.3) is 11.8 Å². The summed E-state index contributed by atoms with van der Waals surface area (Å²) in [7, 11) is 0. The molecule has 5 rings (SSSR count). The fraction of sp³-hybridized carbons (Fsp3) is 0.300. The average molecular weight is 559 g/mol. The van der Waals surface area contributed by atoms with Gasteiger partial charge in [0.15, 0.2) is 24.1 Å². The van der Waals surface area contributed by atoms with Crippen LogP contribution in [0.4, 0.5) is 5.13 Å². The van der Waals surface area contributed by atoms with Gasteiger partial charge in [-0.25, -0.2) is 9.36 Å². The molecule has 5 heterocycles. The number of nitrogen functional groups attached to an aromatic ring is 1. The number of anilines is 1. The van der Waals surface area contributed by atoms with Gasteiger partial charge in [-0.05, 0) is 18.2 Å². The van der Waals surface area contributed by atoms with Gasteiger partial charge in [0.2, 0.25) is 17.4 Å². The number of hydrogen-bond acceptors (Lipinski definition) is 13. The van der Waals surface area contributed by atoms with Crippen molar-refractivity contribution in [1.29, 1.82) is 0 Å². The summed E-state index contributed by atoms with van der Waals surface area (Å²) in [5.74, 6) is -1.85. The number of amides is 2. The highest BCUT2D eigenvalue weighted by Crippen LogP contribution is 2.40. The van der Waals surface area contributed by atoms with Crippen molar-refractivity contribution in [2.75, 3.05) is 18.1 Å². The number of aliphatic carboxylic acids is 1. The second-order valence-corrected chi connectivity index (χ2v) is 9.82. The van der Waals surface area contributed by atoms with E-state index in [4.69, 9.17) is 10.6 Å². The first kappa shape index (κ1) is 25.2. The van der Waals surface area contributed by atoms with Gasteiger partial charge in [0.05, 0.1) is 5.56 Å². The number of fused-ring (bicyclic) bond motifs is 1. The third-order valence-corrected chi connectivity index (χ3v) is 7.41. The molecule has 0 aliphatic carbocycles. The van der Waals surface area contributed by atoms with E-state index < -0.39 is 29.2 Å². The molecule has 16 nitrogen and oxygen atoms in total. The minimum absolute atomic E-state index is 0.0353. The Bertz CT molecular complexity index is 1450. The minimum atomic E-state index is -1.24. The number of hydrogen-bond donors (Lipinski definition) is 4. The van der Waals surface area contributed by atoms with Crippen LogP contribution >= 0.6 is 23.3 Å². The molecule has 2 aliphatic rings. The number of pyridine rings is 1. The van der Waals surface area contributed by atoms with E-state index in [2.05, 4.69) is 40.5 Å². The number of H-pyrrole nitrogens is 1. The molecule has 2 amide bonds. The maximum absolute atomic E-state index is 13.1. The van der Waals surface area contributed by atoms with Crippen molar-refractivity contribution in [3.05, 3.63) is 41.6 Å². The van der Waals surface area contributed by atoms with Crippen molar-refractivity contribution in [3.63, 3.8) is 0 Å². The first-order valence-corrected chi connectivity index (χ1v) is 12.9. The van der Waals surface area contributed by atoms with E-state index in [1.807, 2.05) is 0 Å². The SMILES string of the molecule is CCON=C(C(=O)NC1C(=O)N2C(C(=O)O)=C(C[n+]3cccc(-c4nn[nH]n4)c3)CS[C@H]12)c1nsc(N)n1. The number of aromatic amines is 1. The van der Waals surface area contributed by atoms with Crippen molar-refractivity contribution in [1.82, 2.24) is 40.2 Å². The van der Waals surface area contributed by atoms with E-state index >= 15 is 0 Å². The van der Waals surface area contributed by atoms with Gasteiger partial charge in [-0.2, -0.15) is 14.6 Å². The van der Waals surface area contributed by atoms with Gasteiger partial charge in [-0.1, -0.05) is 5.16 Å². The van der Waals surface area contributed by atoms with Crippen LogP contribution in [0, 0.1) is 0 Å². The summed E-state index contributed by atoms with van der Waals surface area (Å²) in [6.07, 6.45) is 3.53. The van der Waals surface area contributed by atoms with E-state index in [1.165, 1.54) is 16.7 Å². The molecule has 0 radical (unpaired) electrons. The Hall–Kier alpha value is -4.45. The number of carboxylic acids is 1. The molecule has 0 aromatic carbocycles. The van der Waals surface area contributed by atoms with E-state index in [0.29, 0.717) is 22.7 Å². The quantitative estimate of drug-likeness (QED) is 0.105. The van der Waals surface area contributed by atoms with Crippen LogP contribution in [0.2, 0.25) is 0 Å². The van der Waals surface area contributed by atoms with E-state index in [0.717, 1.165) is 11.5 Å². The lowest BCUT2D eigenvalue weighted by Gasteiger charge is -2.49. The average Bonchev–Trinajstić information content (AvgIpc) is 3.60. The van der Waals surface area contributed by atoms with Crippen LogP contribution in [0.3, 0.4) is 0 Å². The van der Waals surface area contributed by atoms with Gasteiger partial charge in [-0.15, -0.1) is 22.0 Å². The highest BCUT2D eigenvalue weighted by molar-refractivity contribution is 8.00. The molecular formula is C20H20N11O5S2+. The number of carboxylic acid groups (broad SMARTS) is 1. The molecule has 0 bridgehead atoms. The number of aromatic nitrogens is 7. The monoisotopic (exact) mass is 558 g/mol.